The first-order valence-electron chi connectivity index (χ1n) is 8.53. The van der Waals surface area contributed by atoms with Crippen LogP contribution in [0.4, 0.5) is 4.79 Å². The average molecular weight is 332 g/mol. The Morgan fingerprint density at radius 1 is 1.04 bits per heavy atom. The van der Waals surface area contributed by atoms with E-state index in [1.54, 1.807) is 0 Å². The second-order valence-electron chi connectivity index (χ2n) is 6.58. The third-order valence-corrected chi connectivity index (χ3v) is 4.36. The number of nitrogens with zero attached hydrogens (tertiary/aromatic N) is 2. The summed E-state index contributed by atoms with van der Waals surface area (Å²) in [4.78, 5) is 27.3. The van der Waals surface area contributed by atoms with E-state index in [9.17, 15) is 9.59 Å². The average Bonchev–Trinajstić information content (AvgIpc) is 2.57. The minimum atomic E-state index is -0.455. The maximum atomic E-state index is 11.7. The summed E-state index contributed by atoms with van der Waals surface area (Å²) in [6, 6.07) is 8.37. The van der Waals surface area contributed by atoms with Gasteiger partial charge in [0.1, 0.15) is 0 Å². The molecule has 6 nitrogen and oxygen atoms in total. The van der Waals surface area contributed by atoms with Crippen molar-refractivity contribution in [3.63, 3.8) is 0 Å². The molecule has 0 saturated carbocycles. The monoisotopic (exact) mass is 332 g/mol. The lowest BCUT2D eigenvalue weighted by molar-refractivity contribution is -0.121. The fourth-order valence-corrected chi connectivity index (χ4v) is 2.80. The lowest BCUT2D eigenvalue weighted by atomic mass is 10.0. The van der Waals surface area contributed by atoms with Gasteiger partial charge in [-0.25, -0.2) is 4.79 Å². The molecule has 24 heavy (non-hydrogen) atoms. The number of hydrogen-bond donors (Lipinski definition) is 2. The van der Waals surface area contributed by atoms with Gasteiger partial charge in [0.2, 0.25) is 5.91 Å². The van der Waals surface area contributed by atoms with Gasteiger partial charge in [-0.3, -0.25) is 19.9 Å². The molecule has 6 heteroatoms. The lowest BCUT2D eigenvalue weighted by Gasteiger charge is -2.34. The summed E-state index contributed by atoms with van der Waals surface area (Å²) in [5.74, 6) is 0.301. The van der Waals surface area contributed by atoms with Crippen LogP contribution in [0, 0.1) is 0 Å². The standard InChI is InChI=1S/C18H28N4O2/c1-14(2)16-6-4-15(5-7-16)12-21-8-10-22(11-9-21)13-17(23)20-18(24)19-3/h4-7,14H,8-13H2,1-3H3,(H2,19,20,23,24). The highest BCUT2D eigenvalue weighted by molar-refractivity contribution is 5.95. The maximum Gasteiger partial charge on any atom is 0.321 e. The van der Waals surface area contributed by atoms with Crippen LogP contribution in [0.15, 0.2) is 24.3 Å². The molecule has 132 valence electrons. The number of rotatable bonds is 5. The SMILES string of the molecule is CNC(=O)NC(=O)CN1CCN(Cc2ccc(C(C)C)cc2)CC1. The summed E-state index contributed by atoms with van der Waals surface area (Å²) < 4.78 is 0. The van der Waals surface area contributed by atoms with Crippen LogP contribution >= 0.6 is 0 Å². The lowest BCUT2D eigenvalue weighted by Crippen LogP contribution is -2.50. The van der Waals surface area contributed by atoms with Gasteiger partial charge in [-0.2, -0.15) is 0 Å². The van der Waals surface area contributed by atoms with Crippen molar-refractivity contribution in [3.8, 4) is 0 Å². The molecule has 0 aliphatic carbocycles. The topological polar surface area (TPSA) is 64.7 Å². The molecule has 0 unspecified atom stereocenters. The van der Waals surface area contributed by atoms with Gasteiger partial charge in [0.15, 0.2) is 0 Å². The second-order valence-corrected chi connectivity index (χ2v) is 6.58. The highest BCUT2D eigenvalue weighted by Crippen LogP contribution is 2.16. The number of urea groups is 1. The Kier molecular flexibility index (Phi) is 6.75. The van der Waals surface area contributed by atoms with Gasteiger partial charge < -0.3 is 5.32 Å². The van der Waals surface area contributed by atoms with Crippen molar-refractivity contribution >= 4 is 11.9 Å². The van der Waals surface area contributed by atoms with Crippen LogP contribution < -0.4 is 10.6 Å². The number of imide groups is 1. The summed E-state index contributed by atoms with van der Waals surface area (Å²) in [5, 5.41) is 4.68. The van der Waals surface area contributed by atoms with Crippen LogP contribution in [-0.4, -0.2) is 61.5 Å². The number of carbonyl (C=O) groups excluding carboxylic acids is 2. The van der Waals surface area contributed by atoms with Crippen LogP contribution in [0.5, 0.6) is 0 Å². The molecule has 3 amide bonds. The molecule has 1 saturated heterocycles. The smallest absolute Gasteiger partial charge is 0.321 e. The summed E-state index contributed by atoms with van der Waals surface area (Å²) in [6.45, 7) is 9.15. The van der Waals surface area contributed by atoms with E-state index in [4.69, 9.17) is 0 Å². The molecule has 1 fully saturated rings. The third kappa shape index (κ3) is 5.62. The molecule has 1 aliphatic heterocycles. The fourth-order valence-electron chi connectivity index (χ4n) is 2.80. The number of nitrogens with one attached hydrogen (secondary N) is 2. The Balaban J connectivity index is 1.74. The van der Waals surface area contributed by atoms with Gasteiger partial charge >= 0.3 is 6.03 Å². The second kappa shape index (κ2) is 8.80. The van der Waals surface area contributed by atoms with Gasteiger partial charge in [0, 0.05) is 39.8 Å². The van der Waals surface area contributed by atoms with E-state index in [1.165, 1.54) is 18.2 Å². The molecule has 1 aliphatic rings. The van der Waals surface area contributed by atoms with E-state index < -0.39 is 6.03 Å². The highest BCUT2D eigenvalue weighted by atomic mass is 16.2. The van der Waals surface area contributed by atoms with Crippen LogP contribution in [0.25, 0.3) is 0 Å². The number of piperazine rings is 1. The van der Waals surface area contributed by atoms with Crippen molar-refractivity contribution in [1.82, 2.24) is 20.4 Å². The molecular weight excluding hydrogens is 304 g/mol. The first-order valence-corrected chi connectivity index (χ1v) is 8.53. The van der Waals surface area contributed by atoms with Crippen molar-refractivity contribution in [2.75, 3.05) is 39.8 Å². The zero-order chi connectivity index (χ0) is 17.5. The minimum Gasteiger partial charge on any atom is -0.341 e. The van der Waals surface area contributed by atoms with E-state index in [0.717, 1.165) is 32.7 Å². The van der Waals surface area contributed by atoms with Crippen molar-refractivity contribution < 1.29 is 9.59 Å². The summed E-state index contributed by atoms with van der Waals surface area (Å²) in [6.07, 6.45) is 0. The van der Waals surface area contributed by atoms with E-state index in [1.807, 2.05) is 0 Å². The molecule has 0 aromatic heterocycles. The van der Waals surface area contributed by atoms with Gasteiger partial charge in [-0.1, -0.05) is 38.1 Å². The Morgan fingerprint density at radius 3 is 2.17 bits per heavy atom. The Bertz CT molecular complexity index is 549. The molecule has 0 radical (unpaired) electrons. The normalized spacial score (nSPS) is 16.2. The molecule has 1 heterocycles. The Morgan fingerprint density at radius 2 is 1.62 bits per heavy atom. The van der Waals surface area contributed by atoms with E-state index in [0.29, 0.717) is 5.92 Å². The molecule has 1 aromatic carbocycles. The zero-order valence-corrected chi connectivity index (χ0v) is 14.8. The Hall–Kier alpha value is -1.92. The molecule has 2 N–H and O–H groups in total. The molecule has 1 aromatic rings. The zero-order valence-electron chi connectivity index (χ0n) is 14.8. The van der Waals surface area contributed by atoms with Crippen LogP contribution in [0.2, 0.25) is 0 Å². The Labute approximate surface area is 144 Å². The van der Waals surface area contributed by atoms with Gasteiger partial charge in [-0.05, 0) is 17.0 Å². The number of benzene rings is 1. The van der Waals surface area contributed by atoms with Crippen LogP contribution in [-0.2, 0) is 11.3 Å². The van der Waals surface area contributed by atoms with Crippen molar-refractivity contribution in [2.24, 2.45) is 0 Å². The van der Waals surface area contributed by atoms with Crippen molar-refractivity contribution in [1.29, 1.82) is 0 Å². The van der Waals surface area contributed by atoms with Crippen LogP contribution in [0.3, 0.4) is 0 Å². The van der Waals surface area contributed by atoms with Gasteiger partial charge in [0.25, 0.3) is 0 Å². The van der Waals surface area contributed by atoms with Gasteiger partial charge in [-0.15, -0.1) is 0 Å². The van der Waals surface area contributed by atoms with Crippen molar-refractivity contribution in [2.45, 2.75) is 26.3 Å². The third-order valence-electron chi connectivity index (χ3n) is 4.36. The number of hydrogen-bond acceptors (Lipinski definition) is 4. The van der Waals surface area contributed by atoms with E-state index >= 15 is 0 Å². The largest absolute Gasteiger partial charge is 0.341 e. The van der Waals surface area contributed by atoms with Crippen LogP contribution in [0.1, 0.15) is 30.9 Å². The number of carbonyl (C=O) groups is 2. The molecule has 2 rings (SSSR count). The van der Waals surface area contributed by atoms with E-state index in [2.05, 4.69) is 58.5 Å². The molecule has 0 bridgehead atoms. The summed E-state index contributed by atoms with van der Waals surface area (Å²) in [7, 11) is 1.50. The van der Waals surface area contributed by atoms with E-state index in [-0.39, 0.29) is 12.5 Å². The summed E-state index contributed by atoms with van der Waals surface area (Å²) in [5.41, 5.74) is 2.69. The predicted octanol–water partition coefficient (Wildman–Crippen LogP) is 1.38. The minimum absolute atomic E-state index is 0.257. The fraction of sp³-hybridized carbons (Fsp3) is 0.556. The first-order chi connectivity index (χ1) is 11.5. The molecule has 0 spiro atoms. The van der Waals surface area contributed by atoms with Crippen molar-refractivity contribution in [3.05, 3.63) is 35.4 Å². The first kappa shape index (κ1) is 18.4. The quantitative estimate of drug-likeness (QED) is 0.855. The summed E-state index contributed by atoms with van der Waals surface area (Å²) >= 11 is 0. The number of amides is 3. The van der Waals surface area contributed by atoms with Gasteiger partial charge in [0.05, 0.1) is 6.54 Å². The molecular formula is C18H28N4O2. The predicted molar refractivity (Wildman–Crippen MR) is 94.8 cm³/mol. The molecule has 0 atom stereocenters. The highest BCUT2D eigenvalue weighted by Gasteiger charge is 2.19. The maximum absolute atomic E-state index is 11.7.